The number of nitrogens with zero attached hydrogens (tertiary/aromatic N) is 2. The molecule has 0 fully saturated rings. The smallest absolute Gasteiger partial charge is 0.257 e. The summed E-state index contributed by atoms with van der Waals surface area (Å²) in [4.78, 5) is 19.3. The van der Waals surface area contributed by atoms with Crippen LogP contribution in [-0.2, 0) is 0 Å². The molecule has 0 aliphatic carbocycles. The van der Waals surface area contributed by atoms with E-state index in [1.54, 1.807) is 6.07 Å². The van der Waals surface area contributed by atoms with Crippen molar-refractivity contribution in [3.05, 3.63) is 94.1 Å². The second kappa shape index (κ2) is 9.44. The number of carbonyl (C=O) groups excluding carboxylic acids is 1. The molecule has 0 saturated carbocycles. The van der Waals surface area contributed by atoms with Crippen LogP contribution in [0.1, 0.15) is 51.9 Å². The van der Waals surface area contributed by atoms with Gasteiger partial charge in [-0.05, 0) is 55.2 Å². The molecule has 0 radical (unpaired) electrons. The fourth-order valence-corrected chi connectivity index (χ4v) is 5.38. The first kappa shape index (κ1) is 23.5. The summed E-state index contributed by atoms with van der Waals surface area (Å²) in [6, 6.07) is 23.6. The summed E-state index contributed by atoms with van der Waals surface area (Å²) in [6.45, 7) is 8.15. The molecule has 2 aromatic carbocycles. The second-order valence-corrected chi connectivity index (χ2v) is 10.3. The van der Waals surface area contributed by atoms with E-state index in [2.05, 4.69) is 37.4 Å². The van der Waals surface area contributed by atoms with Crippen LogP contribution in [0.4, 0.5) is 5.00 Å². The number of aryl methyl sites for hydroxylation is 2. The molecule has 0 aliphatic heterocycles. The van der Waals surface area contributed by atoms with E-state index in [0.717, 1.165) is 27.2 Å². The molecular formula is C30H25N3O2S. The Kier molecular flexibility index (Phi) is 6.17. The van der Waals surface area contributed by atoms with Crippen molar-refractivity contribution in [3.63, 3.8) is 0 Å². The maximum atomic E-state index is 13.6. The van der Waals surface area contributed by atoms with Gasteiger partial charge in [0.15, 0.2) is 5.76 Å². The third-order valence-corrected chi connectivity index (χ3v) is 7.26. The molecular weight excluding hydrogens is 466 g/mol. The minimum absolute atomic E-state index is 0.294. The largest absolute Gasteiger partial charge is 0.460 e. The molecule has 0 bridgehead atoms. The van der Waals surface area contributed by atoms with Gasteiger partial charge in [-0.2, -0.15) is 5.26 Å². The number of aromatic nitrogens is 1. The molecule has 0 spiro atoms. The van der Waals surface area contributed by atoms with E-state index in [-0.39, 0.29) is 5.91 Å². The Hall–Kier alpha value is -4.21. The highest BCUT2D eigenvalue weighted by atomic mass is 32.1. The molecule has 5 rings (SSSR count). The van der Waals surface area contributed by atoms with Crippen molar-refractivity contribution in [2.75, 3.05) is 5.32 Å². The fraction of sp³-hybridized carbons (Fsp3) is 0.167. The number of para-hydroxylation sites is 1. The van der Waals surface area contributed by atoms with E-state index in [1.165, 1.54) is 16.9 Å². The number of pyridine rings is 1. The lowest BCUT2D eigenvalue weighted by Gasteiger charge is -2.10. The number of hydrogen-bond donors (Lipinski definition) is 1. The van der Waals surface area contributed by atoms with Gasteiger partial charge in [-0.25, -0.2) is 4.98 Å². The van der Waals surface area contributed by atoms with E-state index in [4.69, 9.17) is 9.40 Å². The number of nitriles is 1. The molecule has 0 saturated heterocycles. The van der Waals surface area contributed by atoms with Crippen molar-refractivity contribution in [2.24, 2.45) is 0 Å². The lowest BCUT2D eigenvalue weighted by atomic mass is 9.97. The molecule has 6 heteroatoms. The molecule has 1 N–H and O–H groups in total. The third-order valence-electron chi connectivity index (χ3n) is 6.24. The Morgan fingerprint density at radius 3 is 2.47 bits per heavy atom. The summed E-state index contributed by atoms with van der Waals surface area (Å²) >= 11 is 1.41. The van der Waals surface area contributed by atoms with Gasteiger partial charge in [0.05, 0.1) is 16.6 Å². The maximum absolute atomic E-state index is 13.6. The Balaban J connectivity index is 1.55. The van der Waals surface area contributed by atoms with Crippen LogP contribution < -0.4 is 5.32 Å². The Bertz CT molecular complexity index is 1640. The lowest BCUT2D eigenvalue weighted by molar-refractivity contribution is 0.102. The number of furan rings is 1. The zero-order chi connectivity index (χ0) is 25.4. The highest BCUT2D eigenvalue weighted by Gasteiger charge is 2.21. The predicted molar refractivity (Wildman–Crippen MR) is 145 cm³/mol. The van der Waals surface area contributed by atoms with E-state index in [9.17, 15) is 10.1 Å². The molecule has 0 unspecified atom stereocenters. The van der Waals surface area contributed by atoms with Crippen LogP contribution in [0, 0.1) is 25.2 Å². The van der Waals surface area contributed by atoms with Crippen molar-refractivity contribution < 1.29 is 9.21 Å². The van der Waals surface area contributed by atoms with E-state index < -0.39 is 0 Å². The summed E-state index contributed by atoms with van der Waals surface area (Å²) in [5.41, 5.74) is 5.30. The van der Waals surface area contributed by atoms with Gasteiger partial charge in [0.25, 0.3) is 5.91 Å². The molecule has 3 aromatic heterocycles. The number of thiophene rings is 1. The minimum atomic E-state index is -0.294. The number of fused-ring (bicyclic) bond motifs is 1. The Morgan fingerprint density at radius 1 is 1.06 bits per heavy atom. The number of hydrogen-bond acceptors (Lipinski definition) is 5. The monoisotopic (exact) mass is 491 g/mol. The standard InChI is InChI=1S/C30H25N3O2S/c1-17(2)20-10-12-21(13-11-20)28-19(4)36-30(24(28)16-31)33-29(34)23-15-26(27-14-9-18(3)35-27)32-25-8-6-5-7-22(23)25/h5-15,17H,1-4H3,(H,33,34). The van der Waals surface area contributed by atoms with Crippen LogP contribution in [0.5, 0.6) is 0 Å². The second-order valence-electron chi connectivity index (χ2n) is 9.06. The summed E-state index contributed by atoms with van der Waals surface area (Å²) in [5.74, 6) is 1.51. The SMILES string of the molecule is Cc1ccc(-c2cc(C(=O)Nc3sc(C)c(-c4ccc(C(C)C)cc4)c3C#N)c3ccccc3n2)o1. The van der Waals surface area contributed by atoms with Crippen molar-refractivity contribution >= 4 is 33.1 Å². The summed E-state index contributed by atoms with van der Waals surface area (Å²) < 4.78 is 5.76. The van der Waals surface area contributed by atoms with E-state index >= 15 is 0 Å². The molecule has 1 amide bonds. The van der Waals surface area contributed by atoms with Crippen LogP contribution in [0.2, 0.25) is 0 Å². The Morgan fingerprint density at radius 2 is 1.81 bits per heavy atom. The van der Waals surface area contributed by atoms with Crippen LogP contribution in [0.15, 0.2) is 71.1 Å². The average Bonchev–Trinajstić information content (AvgIpc) is 3.45. The number of anilines is 1. The van der Waals surface area contributed by atoms with E-state index in [1.807, 2.05) is 62.4 Å². The highest BCUT2D eigenvalue weighted by Crippen LogP contribution is 2.40. The first-order valence-corrected chi connectivity index (χ1v) is 12.6. The Labute approximate surface area is 214 Å². The summed E-state index contributed by atoms with van der Waals surface area (Å²) in [5, 5.41) is 14.3. The van der Waals surface area contributed by atoms with Crippen LogP contribution in [0.3, 0.4) is 0 Å². The van der Waals surface area contributed by atoms with Gasteiger partial charge < -0.3 is 9.73 Å². The zero-order valence-electron chi connectivity index (χ0n) is 20.5. The number of amides is 1. The zero-order valence-corrected chi connectivity index (χ0v) is 21.4. The molecule has 5 aromatic rings. The van der Waals surface area contributed by atoms with Crippen LogP contribution in [0.25, 0.3) is 33.5 Å². The third kappa shape index (κ3) is 4.30. The number of nitrogens with one attached hydrogen (secondary N) is 1. The number of rotatable bonds is 5. The topological polar surface area (TPSA) is 78.9 Å². The first-order chi connectivity index (χ1) is 17.4. The van der Waals surface area contributed by atoms with Crippen LogP contribution >= 0.6 is 11.3 Å². The van der Waals surface area contributed by atoms with Crippen molar-refractivity contribution in [1.82, 2.24) is 4.98 Å². The van der Waals surface area contributed by atoms with E-state index in [0.29, 0.717) is 39.0 Å². The highest BCUT2D eigenvalue weighted by molar-refractivity contribution is 7.17. The molecule has 5 nitrogen and oxygen atoms in total. The van der Waals surface area contributed by atoms with Gasteiger partial charge >= 0.3 is 0 Å². The average molecular weight is 492 g/mol. The molecule has 0 atom stereocenters. The summed E-state index contributed by atoms with van der Waals surface area (Å²) in [6.07, 6.45) is 0. The van der Waals surface area contributed by atoms with Gasteiger partial charge in [0, 0.05) is 15.8 Å². The van der Waals surface area contributed by atoms with Gasteiger partial charge in [0.1, 0.15) is 22.5 Å². The lowest BCUT2D eigenvalue weighted by Crippen LogP contribution is -2.13. The maximum Gasteiger partial charge on any atom is 0.257 e. The quantitative estimate of drug-likeness (QED) is 0.269. The van der Waals surface area contributed by atoms with Gasteiger partial charge in [0.2, 0.25) is 0 Å². The predicted octanol–water partition coefficient (Wildman–Crippen LogP) is 8.09. The number of benzene rings is 2. The molecule has 0 aliphatic rings. The van der Waals surface area contributed by atoms with Crippen molar-refractivity contribution in [3.8, 4) is 28.7 Å². The van der Waals surface area contributed by atoms with Gasteiger partial charge in [-0.1, -0.05) is 56.3 Å². The molecule has 3 heterocycles. The molecule has 36 heavy (non-hydrogen) atoms. The summed E-state index contributed by atoms with van der Waals surface area (Å²) in [7, 11) is 0. The van der Waals surface area contributed by atoms with Crippen molar-refractivity contribution in [2.45, 2.75) is 33.6 Å². The molecule has 178 valence electrons. The normalized spacial score (nSPS) is 11.1. The fourth-order valence-electron chi connectivity index (χ4n) is 4.35. The minimum Gasteiger partial charge on any atom is -0.460 e. The van der Waals surface area contributed by atoms with Crippen LogP contribution in [-0.4, -0.2) is 10.9 Å². The van der Waals surface area contributed by atoms with Gasteiger partial charge in [-0.3, -0.25) is 4.79 Å². The van der Waals surface area contributed by atoms with Crippen molar-refractivity contribution in [1.29, 1.82) is 5.26 Å². The van der Waals surface area contributed by atoms with Gasteiger partial charge in [-0.15, -0.1) is 11.3 Å². The first-order valence-electron chi connectivity index (χ1n) is 11.8. The number of carbonyl (C=O) groups is 1.